The first-order valence-corrected chi connectivity index (χ1v) is 16.3. The molecule has 1 aliphatic carbocycles. The molecule has 6 atom stereocenters. The molecule has 12 nitrogen and oxygen atoms in total. The third-order valence-corrected chi connectivity index (χ3v) is 10.4. The van der Waals surface area contributed by atoms with E-state index in [0.717, 1.165) is 4.90 Å². The van der Waals surface area contributed by atoms with E-state index in [9.17, 15) is 40.8 Å². The quantitative estimate of drug-likeness (QED) is 0.320. The van der Waals surface area contributed by atoms with Crippen molar-refractivity contribution in [1.82, 2.24) is 20.3 Å². The molecular weight excluding hydrogens is 631 g/mol. The number of nitrogens with one attached hydrogen (secondary N) is 3. The Hall–Kier alpha value is -3.71. The zero-order chi connectivity index (χ0) is 34.4. The molecule has 0 radical (unpaired) electrons. The first-order chi connectivity index (χ1) is 21.2. The molecule has 1 aromatic rings. The number of nitriles is 1. The Kier molecular flexibility index (Phi) is 9.53. The van der Waals surface area contributed by atoms with E-state index < -0.39 is 80.5 Å². The van der Waals surface area contributed by atoms with Crippen LogP contribution in [0.5, 0.6) is 5.75 Å². The fourth-order valence-electron chi connectivity index (χ4n) is 6.36. The zero-order valence-electron chi connectivity index (χ0n) is 26.1. The second-order valence-electron chi connectivity index (χ2n) is 13.7. The summed E-state index contributed by atoms with van der Waals surface area (Å²) in [6.07, 6.45) is 0.370. The summed E-state index contributed by atoms with van der Waals surface area (Å²) in [6, 6.07) is 3.70. The molecular formula is C30H38F3N5O7S. The lowest BCUT2D eigenvalue weighted by Gasteiger charge is -2.37. The average Bonchev–Trinajstić information content (AvgIpc) is 3.30. The predicted molar refractivity (Wildman–Crippen MR) is 157 cm³/mol. The van der Waals surface area contributed by atoms with Gasteiger partial charge >= 0.3 is 15.5 Å². The number of benzene rings is 1. The van der Waals surface area contributed by atoms with Crippen LogP contribution in [0.2, 0.25) is 0 Å². The number of ether oxygens (including phenoxy) is 1. The first-order valence-electron chi connectivity index (χ1n) is 14.8. The number of ketones is 1. The van der Waals surface area contributed by atoms with Gasteiger partial charge in [-0.05, 0) is 59.8 Å². The average molecular weight is 670 g/mol. The Bertz CT molecular complexity index is 1530. The molecule has 0 aromatic heterocycles. The number of halogens is 3. The van der Waals surface area contributed by atoms with E-state index in [-0.39, 0.29) is 24.8 Å². The molecule has 3 N–H and O–H groups in total. The summed E-state index contributed by atoms with van der Waals surface area (Å²) in [5.74, 6) is -3.48. The van der Waals surface area contributed by atoms with Crippen molar-refractivity contribution in [1.29, 1.82) is 5.26 Å². The SMILES string of the molecule is CC(C)(C)[C@H](NS(=O)(=O)C(F)(F)F)C(=O)N1C[C@H]2[C@@H]([C@H]1C(=O)N[C@@H](C[C@@H]1CCNC1=O)C(=O)COc1ccc(C#N)cc1)C2(C)C. The standard InChI is InChI=1S/C30H38F3N5O7S/c1-28(2,3)24(37-46(43,44)30(31,32)33)27(42)38-14-19-22(29(19,4)5)23(38)26(41)36-20(12-17-10-11-35-25(17)40)21(39)15-45-18-8-6-16(13-34)7-9-18/h6-9,17,19-20,22-24,37H,10-12,14-15H2,1-5H3,(H,35,40)(H,36,41)/t17-,19-,20-,22-,23-,24+/m0/s1. The van der Waals surface area contributed by atoms with Crippen molar-refractivity contribution in [3.8, 4) is 11.8 Å². The fraction of sp³-hybridized carbons (Fsp3) is 0.633. The Balaban J connectivity index is 1.58. The molecule has 1 aromatic carbocycles. The number of amides is 3. The molecule has 3 fully saturated rings. The molecule has 2 aliphatic heterocycles. The molecule has 0 spiro atoms. The van der Waals surface area contributed by atoms with E-state index in [2.05, 4.69) is 10.6 Å². The number of Topliss-reactive ketones (excluding diaryl/α,β-unsaturated/α-hetero) is 1. The summed E-state index contributed by atoms with van der Waals surface area (Å²) in [6.45, 7) is 7.88. The number of carbonyl (C=O) groups is 4. The van der Waals surface area contributed by atoms with Gasteiger partial charge in [0.2, 0.25) is 17.7 Å². The molecule has 2 heterocycles. The van der Waals surface area contributed by atoms with E-state index in [1.54, 1.807) is 0 Å². The zero-order valence-corrected chi connectivity index (χ0v) is 26.9. The highest BCUT2D eigenvalue weighted by molar-refractivity contribution is 7.90. The normalized spacial score (nSPS) is 25.1. The van der Waals surface area contributed by atoms with Gasteiger partial charge in [-0.2, -0.15) is 23.2 Å². The van der Waals surface area contributed by atoms with Crippen LogP contribution in [0.15, 0.2) is 24.3 Å². The maximum Gasteiger partial charge on any atom is 0.511 e. The number of hydrogen-bond acceptors (Lipinski definition) is 8. The van der Waals surface area contributed by atoms with Gasteiger partial charge in [0, 0.05) is 19.0 Å². The van der Waals surface area contributed by atoms with Crippen molar-refractivity contribution in [3.63, 3.8) is 0 Å². The lowest BCUT2D eigenvalue weighted by molar-refractivity contribution is -0.144. The highest BCUT2D eigenvalue weighted by atomic mass is 32.2. The van der Waals surface area contributed by atoms with E-state index in [1.807, 2.05) is 19.9 Å². The Morgan fingerprint density at radius 2 is 1.80 bits per heavy atom. The number of piperidine rings is 1. The van der Waals surface area contributed by atoms with Crippen LogP contribution in [-0.4, -0.2) is 80.2 Å². The van der Waals surface area contributed by atoms with Crippen LogP contribution in [0.3, 0.4) is 0 Å². The lowest BCUT2D eigenvalue weighted by Crippen LogP contribution is -2.61. The maximum atomic E-state index is 14.0. The van der Waals surface area contributed by atoms with Gasteiger partial charge in [0.15, 0.2) is 5.78 Å². The van der Waals surface area contributed by atoms with Crippen LogP contribution in [0, 0.1) is 39.9 Å². The number of sulfonamides is 1. The van der Waals surface area contributed by atoms with Gasteiger partial charge in [-0.1, -0.05) is 34.6 Å². The third kappa shape index (κ3) is 7.15. The summed E-state index contributed by atoms with van der Waals surface area (Å²) in [5.41, 5.74) is -7.00. The number of alkyl halides is 3. The lowest BCUT2D eigenvalue weighted by atomic mass is 9.86. The second kappa shape index (κ2) is 12.5. The molecule has 4 rings (SSSR count). The van der Waals surface area contributed by atoms with Gasteiger partial charge in [0.1, 0.15) is 24.4 Å². The highest BCUT2D eigenvalue weighted by Gasteiger charge is 2.70. The molecule has 0 unspecified atom stereocenters. The fourth-order valence-corrected chi connectivity index (χ4v) is 7.26. The smallest absolute Gasteiger partial charge is 0.486 e. The Morgan fingerprint density at radius 1 is 1.17 bits per heavy atom. The van der Waals surface area contributed by atoms with Crippen LogP contribution < -0.4 is 20.1 Å². The first kappa shape index (κ1) is 35.1. The predicted octanol–water partition coefficient (Wildman–Crippen LogP) is 1.85. The van der Waals surface area contributed by atoms with Crippen molar-refractivity contribution in [2.45, 2.75) is 71.1 Å². The van der Waals surface area contributed by atoms with E-state index >= 15 is 0 Å². The number of fused-ring (bicyclic) bond motifs is 1. The van der Waals surface area contributed by atoms with Gasteiger partial charge < -0.3 is 20.3 Å². The molecule has 1 saturated carbocycles. The largest absolute Gasteiger partial charge is 0.511 e. The summed E-state index contributed by atoms with van der Waals surface area (Å²) >= 11 is 0. The summed E-state index contributed by atoms with van der Waals surface area (Å²) in [7, 11) is -5.91. The molecule has 2 saturated heterocycles. The number of carbonyl (C=O) groups excluding carboxylic acids is 4. The number of likely N-dealkylation sites (tertiary alicyclic amines) is 1. The summed E-state index contributed by atoms with van der Waals surface area (Å²) < 4.78 is 71.1. The van der Waals surface area contributed by atoms with Gasteiger partial charge in [-0.3, -0.25) is 19.2 Å². The monoisotopic (exact) mass is 669 g/mol. The van der Waals surface area contributed by atoms with Gasteiger partial charge in [0.05, 0.1) is 17.7 Å². The third-order valence-electron chi connectivity index (χ3n) is 9.20. The number of nitrogens with zero attached hydrogens (tertiary/aromatic N) is 2. The molecule has 3 amide bonds. The van der Waals surface area contributed by atoms with Crippen LogP contribution in [0.1, 0.15) is 53.0 Å². The van der Waals surface area contributed by atoms with Gasteiger partial charge in [-0.25, -0.2) is 8.42 Å². The highest BCUT2D eigenvalue weighted by Crippen LogP contribution is 2.65. The van der Waals surface area contributed by atoms with Gasteiger partial charge in [0.25, 0.3) is 0 Å². The van der Waals surface area contributed by atoms with Gasteiger partial charge in [-0.15, -0.1) is 0 Å². The summed E-state index contributed by atoms with van der Waals surface area (Å²) in [4.78, 5) is 54.7. The van der Waals surface area contributed by atoms with Crippen LogP contribution >= 0.6 is 0 Å². The van der Waals surface area contributed by atoms with Crippen molar-refractivity contribution in [3.05, 3.63) is 29.8 Å². The summed E-state index contributed by atoms with van der Waals surface area (Å²) in [5, 5.41) is 14.4. The number of rotatable bonds is 11. The topological polar surface area (TPSA) is 175 Å². The minimum Gasteiger partial charge on any atom is -0.486 e. The van der Waals surface area contributed by atoms with Crippen molar-refractivity contribution < 1.29 is 45.5 Å². The molecule has 16 heteroatoms. The molecule has 0 bridgehead atoms. The Morgan fingerprint density at radius 3 is 2.33 bits per heavy atom. The molecule has 252 valence electrons. The van der Waals surface area contributed by atoms with E-state index in [0.29, 0.717) is 24.3 Å². The minimum atomic E-state index is -5.91. The van der Waals surface area contributed by atoms with E-state index in [4.69, 9.17) is 10.00 Å². The minimum absolute atomic E-state index is 0.000357. The van der Waals surface area contributed by atoms with Crippen LogP contribution in [0.25, 0.3) is 0 Å². The van der Waals surface area contributed by atoms with Crippen molar-refractivity contribution in [2.75, 3.05) is 19.7 Å². The molecule has 46 heavy (non-hydrogen) atoms. The number of hydrogen-bond donors (Lipinski definition) is 3. The van der Waals surface area contributed by atoms with E-state index in [1.165, 1.54) is 49.8 Å². The Labute approximate surface area is 265 Å². The van der Waals surface area contributed by atoms with Crippen molar-refractivity contribution in [2.24, 2.45) is 28.6 Å². The second-order valence-corrected chi connectivity index (χ2v) is 15.4. The maximum absolute atomic E-state index is 14.0. The molecule has 3 aliphatic rings. The van der Waals surface area contributed by atoms with Crippen LogP contribution in [-0.2, 0) is 29.2 Å². The van der Waals surface area contributed by atoms with Crippen molar-refractivity contribution >= 4 is 33.5 Å². The van der Waals surface area contributed by atoms with Crippen LogP contribution in [0.4, 0.5) is 13.2 Å².